The first-order valence-corrected chi connectivity index (χ1v) is 10.0. The summed E-state index contributed by atoms with van der Waals surface area (Å²) < 4.78 is 5.95. The molecule has 1 amide bonds. The lowest BCUT2D eigenvalue weighted by molar-refractivity contribution is -0.384. The molecule has 1 N–H and O–H groups in total. The molecule has 0 bridgehead atoms. The number of aromatic nitrogens is 1. The van der Waals surface area contributed by atoms with Crippen molar-refractivity contribution in [2.24, 2.45) is 0 Å². The lowest BCUT2D eigenvalue weighted by Gasteiger charge is -2.13. The molecule has 1 atom stereocenters. The van der Waals surface area contributed by atoms with E-state index in [1.807, 2.05) is 35.7 Å². The molecule has 2 aromatic carbocycles. The van der Waals surface area contributed by atoms with E-state index < -0.39 is 10.2 Å². The second-order valence-electron chi connectivity index (χ2n) is 5.76. The molecule has 9 heteroatoms. The lowest BCUT2D eigenvalue weighted by atomic mass is 10.2. The Hall–Kier alpha value is -2.91. The Morgan fingerprint density at radius 3 is 2.71 bits per heavy atom. The number of thioether (sulfide) groups is 1. The molecule has 144 valence electrons. The first kappa shape index (κ1) is 19.8. The highest BCUT2D eigenvalue weighted by atomic mass is 32.2. The van der Waals surface area contributed by atoms with Gasteiger partial charge in [0, 0.05) is 23.1 Å². The van der Waals surface area contributed by atoms with Gasteiger partial charge in [-0.05, 0) is 13.0 Å². The van der Waals surface area contributed by atoms with Gasteiger partial charge < -0.3 is 10.1 Å². The summed E-state index contributed by atoms with van der Waals surface area (Å²) in [5.41, 5.74) is 2.02. The monoisotopic (exact) mass is 415 g/mol. The molecule has 1 heterocycles. The number of amides is 1. The third-order valence-electron chi connectivity index (χ3n) is 3.85. The first-order valence-electron chi connectivity index (χ1n) is 8.29. The van der Waals surface area contributed by atoms with E-state index in [1.165, 1.54) is 48.4 Å². The normalized spacial score (nSPS) is 11.6. The van der Waals surface area contributed by atoms with Gasteiger partial charge in [0.1, 0.15) is 5.75 Å². The van der Waals surface area contributed by atoms with E-state index >= 15 is 0 Å². The molecule has 1 aromatic heterocycles. The molecule has 0 aliphatic carbocycles. The molecule has 0 saturated carbocycles. The van der Waals surface area contributed by atoms with Crippen LogP contribution >= 0.6 is 23.1 Å². The van der Waals surface area contributed by atoms with Crippen LogP contribution in [0.25, 0.3) is 11.3 Å². The summed E-state index contributed by atoms with van der Waals surface area (Å²) in [7, 11) is 1.44. The van der Waals surface area contributed by atoms with Gasteiger partial charge in [-0.1, -0.05) is 42.1 Å². The minimum absolute atomic E-state index is 0.121. The summed E-state index contributed by atoms with van der Waals surface area (Å²) in [6.45, 7) is 1.76. The van der Waals surface area contributed by atoms with Crippen molar-refractivity contribution in [1.29, 1.82) is 0 Å². The number of non-ortho nitro benzene ring substituents is 1. The third kappa shape index (κ3) is 4.68. The molecule has 0 radical (unpaired) electrons. The average Bonchev–Trinajstić information content (AvgIpc) is 3.17. The molecule has 0 unspecified atom stereocenters. The standard InChI is InChI=1S/C19H17N3O4S2/c1-12(28-19-21-16(11-27-19)13-6-4-3-5-7-13)18(23)20-15-10-14(22(24)25)8-9-17(15)26-2/h3-12H,1-2H3,(H,20,23)/t12-/m0/s1. The Balaban J connectivity index is 1.69. The van der Waals surface area contributed by atoms with E-state index in [0.717, 1.165) is 15.6 Å². The zero-order valence-corrected chi connectivity index (χ0v) is 16.8. The molecule has 28 heavy (non-hydrogen) atoms. The number of nitro benzene ring substituents is 1. The number of nitro groups is 1. The molecular formula is C19H17N3O4S2. The number of thiazole rings is 1. The molecule has 0 spiro atoms. The van der Waals surface area contributed by atoms with Gasteiger partial charge in [-0.15, -0.1) is 11.3 Å². The number of ether oxygens (including phenoxy) is 1. The molecule has 0 fully saturated rings. The van der Waals surface area contributed by atoms with E-state index in [0.29, 0.717) is 5.75 Å². The molecule has 7 nitrogen and oxygen atoms in total. The number of nitrogens with one attached hydrogen (secondary N) is 1. The van der Waals surface area contributed by atoms with Crippen LogP contribution in [0.4, 0.5) is 11.4 Å². The van der Waals surface area contributed by atoms with Crippen molar-refractivity contribution in [2.75, 3.05) is 12.4 Å². The van der Waals surface area contributed by atoms with Crippen LogP contribution in [0.5, 0.6) is 5.75 Å². The van der Waals surface area contributed by atoms with Crippen LogP contribution < -0.4 is 10.1 Å². The number of carbonyl (C=O) groups is 1. The first-order chi connectivity index (χ1) is 13.5. The average molecular weight is 415 g/mol. The number of rotatable bonds is 7. The quantitative estimate of drug-likeness (QED) is 0.337. The summed E-state index contributed by atoms with van der Waals surface area (Å²) >= 11 is 2.80. The van der Waals surface area contributed by atoms with E-state index in [4.69, 9.17) is 4.74 Å². The molecule has 3 rings (SSSR count). The van der Waals surface area contributed by atoms with Crippen LogP contribution in [0, 0.1) is 10.1 Å². The van der Waals surface area contributed by atoms with Crippen molar-refractivity contribution in [1.82, 2.24) is 4.98 Å². The van der Waals surface area contributed by atoms with Crippen LogP contribution in [0.15, 0.2) is 58.3 Å². The van der Waals surface area contributed by atoms with Gasteiger partial charge in [0.2, 0.25) is 5.91 Å². The molecule has 3 aromatic rings. The van der Waals surface area contributed by atoms with Gasteiger partial charge in [-0.2, -0.15) is 0 Å². The molecule has 0 saturated heterocycles. The number of hydrogen-bond donors (Lipinski definition) is 1. The van der Waals surface area contributed by atoms with E-state index in [1.54, 1.807) is 6.92 Å². The number of methoxy groups -OCH3 is 1. The van der Waals surface area contributed by atoms with Crippen LogP contribution in [-0.4, -0.2) is 28.2 Å². The smallest absolute Gasteiger partial charge is 0.271 e. The highest BCUT2D eigenvalue weighted by molar-refractivity contribution is 8.02. The van der Waals surface area contributed by atoms with Gasteiger partial charge in [0.15, 0.2) is 4.34 Å². The number of hydrogen-bond acceptors (Lipinski definition) is 7. The topological polar surface area (TPSA) is 94.4 Å². The third-order valence-corrected chi connectivity index (χ3v) is 5.92. The maximum absolute atomic E-state index is 12.6. The second-order valence-corrected chi connectivity index (χ2v) is 8.20. The Morgan fingerprint density at radius 1 is 1.29 bits per heavy atom. The molecular weight excluding hydrogens is 398 g/mol. The number of anilines is 1. The highest BCUT2D eigenvalue weighted by Gasteiger charge is 2.20. The lowest BCUT2D eigenvalue weighted by Crippen LogP contribution is -2.22. The largest absolute Gasteiger partial charge is 0.495 e. The Kier molecular flexibility index (Phi) is 6.27. The Labute approximate surface area is 169 Å². The Morgan fingerprint density at radius 2 is 2.04 bits per heavy atom. The second kappa shape index (κ2) is 8.85. The van der Waals surface area contributed by atoms with Crippen LogP contribution in [-0.2, 0) is 4.79 Å². The summed E-state index contributed by atoms with van der Waals surface area (Å²) in [6.07, 6.45) is 0. The van der Waals surface area contributed by atoms with E-state index in [-0.39, 0.29) is 17.3 Å². The van der Waals surface area contributed by atoms with Gasteiger partial charge in [0.25, 0.3) is 5.69 Å². The highest BCUT2D eigenvalue weighted by Crippen LogP contribution is 2.33. The summed E-state index contributed by atoms with van der Waals surface area (Å²) in [6, 6.07) is 13.9. The summed E-state index contributed by atoms with van der Waals surface area (Å²) in [4.78, 5) is 27.6. The van der Waals surface area contributed by atoms with Crippen LogP contribution in [0.1, 0.15) is 6.92 Å². The number of benzene rings is 2. The minimum Gasteiger partial charge on any atom is -0.495 e. The van der Waals surface area contributed by atoms with Crippen LogP contribution in [0.3, 0.4) is 0 Å². The van der Waals surface area contributed by atoms with E-state index in [2.05, 4.69) is 10.3 Å². The minimum atomic E-state index is -0.520. The number of nitrogens with zero attached hydrogens (tertiary/aromatic N) is 2. The van der Waals surface area contributed by atoms with Crippen molar-refractivity contribution in [3.8, 4) is 17.0 Å². The fourth-order valence-electron chi connectivity index (χ4n) is 2.40. The summed E-state index contributed by atoms with van der Waals surface area (Å²) in [5.74, 6) is 0.0667. The predicted octanol–water partition coefficient (Wildman–Crippen LogP) is 4.85. The zero-order valence-electron chi connectivity index (χ0n) is 15.1. The van der Waals surface area contributed by atoms with Gasteiger partial charge in [-0.3, -0.25) is 14.9 Å². The zero-order chi connectivity index (χ0) is 20.1. The van der Waals surface area contributed by atoms with Gasteiger partial charge in [-0.25, -0.2) is 4.98 Å². The van der Waals surface area contributed by atoms with Gasteiger partial charge in [0.05, 0.1) is 28.7 Å². The van der Waals surface area contributed by atoms with E-state index in [9.17, 15) is 14.9 Å². The van der Waals surface area contributed by atoms with Crippen molar-refractivity contribution < 1.29 is 14.5 Å². The van der Waals surface area contributed by atoms with Crippen molar-refractivity contribution >= 4 is 40.4 Å². The fraction of sp³-hybridized carbons (Fsp3) is 0.158. The van der Waals surface area contributed by atoms with Crippen molar-refractivity contribution in [2.45, 2.75) is 16.5 Å². The van der Waals surface area contributed by atoms with Crippen molar-refractivity contribution in [3.63, 3.8) is 0 Å². The molecule has 0 aliphatic heterocycles. The maximum atomic E-state index is 12.6. The van der Waals surface area contributed by atoms with Gasteiger partial charge >= 0.3 is 0 Å². The van der Waals surface area contributed by atoms with Crippen LogP contribution in [0.2, 0.25) is 0 Å². The van der Waals surface area contributed by atoms with Crippen molar-refractivity contribution in [3.05, 3.63) is 64.0 Å². The Bertz CT molecular complexity index is 992. The fourth-order valence-corrected chi connectivity index (χ4v) is 4.37. The predicted molar refractivity (Wildman–Crippen MR) is 111 cm³/mol. The number of carbonyl (C=O) groups excluding carboxylic acids is 1. The SMILES string of the molecule is COc1ccc([N+](=O)[O-])cc1NC(=O)[C@H](C)Sc1nc(-c2ccccc2)cs1. The molecule has 0 aliphatic rings. The summed E-state index contributed by atoms with van der Waals surface area (Å²) in [5, 5.41) is 15.2. The maximum Gasteiger partial charge on any atom is 0.271 e.